The molecule has 7 heteroatoms. The molecule has 0 atom stereocenters. The highest BCUT2D eigenvalue weighted by Crippen LogP contribution is 2.29. The zero-order chi connectivity index (χ0) is 17.1. The molecule has 0 fully saturated rings. The Morgan fingerprint density at radius 2 is 2.12 bits per heavy atom. The van der Waals surface area contributed by atoms with Gasteiger partial charge in [0.05, 0.1) is 17.7 Å². The maximum Gasteiger partial charge on any atom is 0.177 e. The van der Waals surface area contributed by atoms with Gasteiger partial charge in [0.1, 0.15) is 5.75 Å². The van der Waals surface area contributed by atoms with Crippen LogP contribution in [0.4, 0.5) is 0 Å². The second kappa shape index (κ2) is 7.16. The average molecular weight is 369 g/mol. The Hall–Kier alpha value is -2.51. The minimum Gasteiger partial charge on any atom is -0.497 e. The highest BCUT2D eigenvalue weighted by Gasteiger charge is 2.11. The van der Waals surface area contributed by atoms with Gasteiger partial charge < -0.3 is 9.26 Å². The third-order valence-corrected chi connectivity index (χ3v) is 5.51. The summed E-state index contributed by atoms with van der Waals surface area (Å²) in [5.74, 6) is 2.34. The van der Waals surface area contributed by atoms with E-state index in [-0.39, 0.29) is 0 Å². The summed E-state index contributed by atoms with van der Waals surface area (Å²) < 4.78 is 12.7. The van der Waals surface area contributed by atoms with Crippen LogP contribution >= 0.6 is 23.1 Å². The Balaban J connectivity index is 1.48. The molecule has 0 aliphatic carbocycles. The zero-order valence-corrected chi connectivity index (χ0v) is 15.1. The quantitative estimate of drug-likeness (QED) is 0.453. The number of hydrogen-bond donors (Lipinski definition) is 0. The van der Waals surface area contributed by atoms with Gasteiger partial charge in [-0.15, -0.1) is 11.3 Å². The van der Waals surface area contributed by atoms with Crippen molar-refractivity contribution in [3.8, 4) is 22.1 Å². The highest BCUT2D eigenvalue weighted by molar-refractivity contribution is 7.98. The number of aromatic nitrogens is 3. The van der Waals surface area contributed by atoms with Crippen LogP contribution in [-0.2, 0) is 5.75 Å². The Labute approximate surface area is 153 Å². The van der Waals surface area contributed by atoms with E-state index in [4.69, 9.17) is 9.26 Å². The van der Waals surface area contributed by atoms with Crippen LogP contribution in [0.1, 0.15) is 5.69 Å². The smallest absolute Gasteiger partial charge is 0.177 e. The van der Waals surface area contributed by atoms with Crippen LogP contribution < -0.4 is 4.74 Å². The summed E-state index contributed by atoms with van der Waals surface area (Å²) in [5, 5.41) is 7.09. The molecule has 0 N–H and O–H groups in total. The Morgan fingerprint density at radius 3 is 2.88 bits per heavy atom. The van der Waals surface area contributed by atoms with Gasteiger partial charge >= 0.3 is 0 Å². The summed E-state index contributed by atoms with van der Waals surface area (Å²) in [7, 11) is 1.66. The lowest BCUT2D eigenvalue weighted by Gasteiger charge is -2.07. The lowest BCUT2D eigenvalue weighted by Crippen LogP contribution is -1.95. The van der Waals surface area contributed by atoms with Crippen LogP contribution in [0, 0.1) is 0 Å². The topological polar surface area (TPSA) is 53.1 Å². The molecule has 0 spiro atoms. The number of hydrogen-bond acceptors (Lipinski definition) is 6. The van der Waals surface area contributed by atoms with Crippen molar-refractivity contribution in [2.45, 2.75) is 10.9 Å². The van der Waals surface area contributed by atoms with Crippen molar-refractivity contribution in [3.63, 3.8) is 0 Å². The lowest BCUT2D eigenvalue weighted by atomic mass is 10.3. The fraction of sp³-hybridized carbons (Fsp3) is 0.111. The maximum atomic E-state index is 5.43. The number of thioether (sulfide) groups is 1. The molecule has 0 unspecified atom stereocenters. The van der Waals surface area contributed by atoms with Crippen LogP contribution in [-0.4, -0.2) is 21.8 Å². The number of methoxy groups -OCH3 is 1. The standard InChI is InChI=1S/C18H15N3O2S2/c1-22-15-6-4-14(5-7-15)21-9-8-19-18(21)25-12-13-11-16(23-20-13)17-3-2-10-24-17/h2-11H,12H2,1H3. The minimum absolute atomic E-state index is 0.696. The summed E-state index contributed by atoms with van der Waals surface area (Å²) in [6.45, 7) is 0. The Bertz CT molecular complexity index is 943. The molecule has 1 aromatic carbocycles. The number of rotatable bonds is 6. The molecule has 3 heterocycles. The van der Waals surface area contributed by atoms with E-state index >= 15 is 0 Å². The lowest BCUT2D eigenvalue weighted by molar-refractivity contribution is 0.414. The Kier molecular flexibility index (Phi) is 4.58. The number of ether oxygens (including phenoxy) is 1. The molecule has 4 aromatic rings. The molecule has 0 aliphatic heterocycles. The van der Waals surface area contributed by atoms with E-state index in [0.29, 0.717) is 5.75 Å². The van der Waals surface area contributed by atoms with E-state index < -0.39 is 0 Å². The van der Waals surface area contributed by atoms with E-state index in [9.17, 15) is 0 Å². The fourth-order valence-electron chi connectivity index (χ4n) is 2.39. The number of thiophene rings is 1. The van der Waals surface area contributed by atoms with Crippen LogP contribution in [0.2, 0.25) is 0 Å². The van der Waals surface area contributed by atoms with Crippen LogP contribution in [0.5, 0.6) is 5.75 Å². The first kappa shape index (κ1) is 16.0. The predicted octanol–water partition coefficient (Wildman–Crippen LogP) is 4.89. The van der Waals surface area contributed by atoms with Crippen molar-refractivity contribution in [3.05, 3.63) is 65.9 Å². The van der Waals surface area contributed by atoms with Crippen molar-refractivity contribution in [2.75, 3.05) is 7.11 Å². The zero-order valence-electron chi connectivity index (χ0n) is 13.5. The van der Waals surface area contributed by atoms with Crippen LogP contribution in [0.25, 0.3) is 16.3 Å². The van der Waals surface area contributed by atoms with Crippen molar-refractivity contribution in [2.24, 2.45) is 0 Å². The summed E-state index contributed by atoms with van der Waals surface area (Å²) in [6.07, 6.45) is 3.75. The average Bonchev–Trinajstić information content (AvgIpc) is 3.40. The van der Waals surface area contributed by atoms with E-state index in [2.05, 4.69) is 10.1 Å². The molecule has 0 aliphatic rings. The Morgan fingerprint density at radius 1 is 1.24 bits per heavy atom. The monoisotopic (exact) mass is 369 g/mol. The van der Waals surface area contributed by atoms with E-state index in [1.807, 2.05) is 58.6 Å². The van der Waals surface area contributed by atoms with Crippen molar-refractivity contribution in [1.29, 1.82) is 0 Å². The van der Waals surface area contributed by atoms with Gasteiger partial charge in [-0.1, -0.05) is 23.0 Å². The molecule has 25 heavy (non-hydrogen) atoms. The van der Waals surface area contributed by atoms with E-state index in [1.54, 1.807) is 36.4 Å². The molecule has 0 saturated heterocycles. The molecule has 126 valence electrons. The van der Waals surface area contributed by atoms with Crippen molar-refractivity contribution >= 4 is 23.1 Å². The third-order valence-electron chi connectivity index (χ3n) is 3.63. The molecule has 0 saturated carbocycles. The number of imidazole rings is 1. The SMILES string of the molecule is COc1ccc(-n2ccnc2SCc2cc(-c3cccs3)on2)cc1. The first-order valence-electron chi connectivity index (χ1n) is 7.63. The van der Waals surface area contributed by atoms with Gasteiger partial charge in [-0.25, -0.2) is 4.98 Å². The first-order valence-corrected chi connectivity index (χ1v) is 9.50. The van der Waals surface area contributed by atoms with Gasteiger partial charge in [0.25, 0.3) is 0 Å². The third kappa shape index (κ3) is 3.47. The second-order valence-corrected chi connectivity index (χ2v) is 7.12. The summed E-state index contributed by atoms with van der Waals surface area (Å²) >= 11 is 3.26. The fourth-order valence-corrected chi connectivity index (χ4v) is 3.92. The van der Waals surface area contributed by atoms with E-state index in [1.165, 1.54) is 0 Å². The van der Waals surface area contributed by atoms with Gasteiger partial charge in [-0.2, -0.15) is 0 Å². The van der Waals surface area contributed by atoms with Crippen LogP contribution in [0.15, 0.2) is 69.9 Å². The molecule has 3 aromatic heterocycles. The number of benzene rings is 1. The molecule has 5 nitrogen and oxygen atoms in total. The second-order valence-electron chi connectivity index (χ2n) is 5.23. The highest BCUT2D eigenvalue weighted by atomic mass is 32.2. The van der Waals surface area contributed by atoms with Gasteiger partial charge in [0.2, 0.25) is 0 Å². The molecule has 0 bridgehead atoms. The van der Waals surface area contributed by atoms with Crippen molar-refractivity contribution < 1.29 is 9.26 Å². The van der Waals surface area contributed by atoms with Crippen molar-refractivity contribution in [1.82, 2.24) is 14.7 Å². The molecular formula is C18H15N3O2S2. The normalized spacial score (nSPS) is 10.9. The van der Waals surface area contributed by atoms with Gasteiger partial charge in [0, 0.05) is 29.9 Å². The molecular weight excluding hydrogens is 354 g/mol. The molecule has 4 rings (SSSR count). The molecule has 0 radical (unpaired) electrons. The summed E-state index contributed by atoms with van der Waals surface area (Å²) in [5.41, 5.74) is 1.94. The first-order chi connectivity index (χ1) is 12.3. The minimum atomic E-state index is 0.696. The van der Waals surface area contributed by atoms with Gasteiger partial charge in [0.15, 0.2) is 10.9 Å². The predicted molar refractivity (Wildman–Crippen MR) is 99.5 cm³/mol. The number of nitrogens with zero attached hydrogens (tertiary/aromatic N) is 3. The molecule has 0 amide bonds. The largest absolute Gasteiger partial charge is 0.497 e. The maximum absolute atomic E-state index is 5.43. The van der Waals surface area contributed by atoms with Gasteiger partial charge in [-0.3, -0.25) is 4.57 Å². The van der Waals surface area contributed by atoms with Crippen LogP contribution in [0.3, 0.4) is 0 Å². The van der Waals surface area contributed by atoms with Gasteiger partial charge in [-0.05, 0) is 35.7 Å². The summed E-state index contributed by atoms with van der Waals surface area (Å²) in [4.78, 5) is 5.53. The van der Waals surface area contributed by atoms with E-state index in [0.717, 1.165) is 32.9 Å². The summed E-state index contributed by atoms with van der Waals surface area (Å²) in [6, 6.07) is 13.9.